The zero-order chi connectivity index (χ0) is 20.3. The Morgan fingerprint density at radius 2 is 2.03 bits per heavy atom. The summed E-state index contributed by atoms with van der Waals surface area (Å²) in [5.74, 6) is 2.15. The Balaban J connectivity index is 1.38. The van der Waals surface area contributed by atoms with E-state index in [0.717, 1.165) is 37.4 Å². The van der Waals surface area contributed by atoms with Gasteiger partial charge in [-0.3, -0.25) is 0 Å². The quantitative estimate of drug-likeness (QED) is 0.660. The van der Waals surface area contributed by atoms with Gasteiger partial charge in [0, 0.05) is 5.54 Å². The number of aliphatic hydroxyl groups is 1. The number of aliphatic hydroxyl groups excluding tert-OH is 1. The number of hydrogen-bond donors (Lipinski definition) is 2. The molecule has 0 bridgehead atoms. The van der Waals surface area contributed by atoms with Crippen LogP contribution in [0.5, 0.6) is 5.75 Å². The Bertz CT molecular complexity index is 862. The van der Waals surface area contributed by atoms with Crippen molar-refractivity contribution in [2.75, 3.05) is 6.61 Å². The Kier molecular flexibility index (Phi) is 6.07. The SMILES string of the molecule is C=COc1ccccc1CC[C@@H]1CCc2cc([C@@H]3CC[C@](N)(CO)C3)ccc2C1. The second-order valence-corrected chi connectivity index (χ2v) is 9.03. The standard InChI is InChI=1S/C26H33NO2/c1-2-29-25-6-4-3-5-20(25)9-7-19-8-10-22-16-23(12-11-21(22)15-19)24-13-14-26(27,17-24)18-28/h2-6,11-12,16,19,24,28H,1,7-10,13-15,17-18,27H2/t19-,24-,26-/m1/s1. The average molecular weight is 392 g/mol. The fraction of sp³-hybridized carbons (Fsp3) is 0.462. The van der Waals surface area contributed by atoms with Crippen molar-refractivity contribution in [1.82, 2.24) is 0 Å². The van der Waals surface area contributed by atoms with Crippen LogP contribution >= 0.6 is 0 Å². The van der Waals surface area contributed by atoms with Crippen LogP contribution in [-0.2, 0) is 19.3 Å². The summed E-state index contributed by atoms with van der Waals surface area (Å²) in [4.78, 5) is 0. The molecule has 0 spiro atoms. The Morgan fingerprint density at radius 3 is 2.83 bits per heavy atom. The third kappa shape index (κ3) is 4.57. The summed E-state index contributed by atoms with van der Waals surface area (Å²) in [7, 11) is 0. The molecular weight excluding hydrogens is 358 g/mol. The van der Waals surface area contributed by atoms with Gasteiger partial charge in [0.2, 0.25) is 0 Å². The number of fused-ring (bicyclic) bond motifs is 1. The summed E-state index contributed by atoms with van der Waals surface area (Å²) in [6.45, 7) is 3.77. The lowest BCUT2D eigenvalue weighted by Crippen LogP contribution is -2.40. The Labute approximate surface area is 174 Å². The van der Waals surface area contributed by atoms with Crippen molar-refractivity contribution in [2.45, 2.75) is 62.8 Å². The van der Waals surface area contributed by atoms with Crippen LogP contribution in [0.2, 0.25) is 0 Å². The molecule has 4 rings (SSSR count). The highest BCUT2D eigenvalue weighted by Crippen LogP contribution is 2.41. The molecule has 0 aliphatic heterocycles. The van der Waals surface area contributed by atoms with E-state index in [1.54, 1.807) is 0 Å². The number of benzene rings is 2. The van der Waals surface area contributed by atoms with E-state index in [4.69, 9.17) is 10.5 Å². The van der Waals surface area contributed by atoms with Gasteiger partial charge in [-0.05, 0) is 91.5 Å². The smallest absolute Gasteiger partial charge is 0.129 e. The second-order valence-electron chi connectivity index (χ2n) is 9.03. The molecule has 0 radical (unpaired) electrons. The minimum Gasteiger partial charge on any atom is -0.465 e. The van der Waals surface area contributed by atoms with Crippen LogP contribution in [0.25, 0.3) is 0 Å². The van der Waals surface area contributed by atoms with Crippen molar-refractivity contribution in [1.29, 1.82) is 0 Å². The molecule has 154 valence electrons. The highest BCUT2D eigenvalue weighted by molar-refractivity contribution is 5.37. The van der Waals surface area contributed by atoms with E-state index >= 15 is 0 Å². The molecule has 3 atom stereocenters. The van der Waals surface area contributed by atoms with E-state index in [-0.39, 0.29) is 12.1 Å². The third-order valence-electron chi connectivity index (χ3n) is 7.00. The zero-order valence-electron chi connectivity index (χ0n) is 17.3. The molecule has 2 aliphatic rings. The van der Waals surface area contributed by atoms with E-state index in [2.05, 4.69) is 36.9 Å². The fourth-order valence-corrected chi connectivity index (χ4v) is 5.21. The van der Waals surface area contributed by atoms with Gasteiger partial charge in [-0.1, -0.05) is 43.0 Å². The summed E-state index contributed by atoms with van der Waals surface area (Å²) in [5.41, 5.74) is 11.6. The minimum atomic E-state index is -0.378. The molecule has 3 heteroatoms. The molecule has 0 aromatic heterocycles. The predicted octanol–water partition coefficient (Wildman–Crippen LogP) is 4.90. The largest absolute Gasteiger partial charge is 0.465 e. The van der Waals surface area contributed by atoms with Crippen LogP contribution in [-0.4, -0.2) is 17.3 Å². The van der Waals surface area contributed by atoms with Gasteiger partial charge in [0.1, 0.15) is 5.75 Å². The lowest BCUT2D eigenvalue weighted by atomic mass is 9.79. The first kappa shape index (κ1) is 20.2. The van der Waals surface area contributed by atoms with Crippen molar-refractivity contribution in [3.8, 4) is 5.75 Å². The van der Waals surface area contributed by atoms with Crippen LogP contribution in [0.3, 0.4) is 0 Å². The molecule has 1 saturated carbocycles. The first-order valence-electron chi connectivity index (χ1n) is 11.0. The molecule has 3 nitrogen and oxygen atoms in total. The molecule has 2 aliphatic carbocycles. The van der Waals surface area contributed by atoms with Crippen LogP contribution in [0.15, 0.2) is 55.3 Å². The van der Waals surface area contributed by atoms with Gasteiger partial charge in [-0.15, -0.1) is 0 Å². The van der Waals surface area contributed by atoms with Gasteiger partial charge >= 0.3 is 0 Å². The van der Waals surface area contributed by atoms with Crippen molar-refractivity contribution in [3.63, 3.8) is 0 Å². The molecule has 29 heavy (non-hydrogen) atoms. The summed E-state index contributed by atoms with van der Waals surface area (Å²) in [6.07, 6.45) is 10.2. The Morgan fingerprint density at radius 1 is 1.17 bits per heavy atom. The minimum absolute atomic E-state index is 0.0943. The van der Waals surface area contributed by atoms with Crippen molar-refractivity contribution in [2.24, 2.45) is 11.7 Å². The van der Waals surface area contributed by atoms with Gasteiger partial charge in [-0.25, -0.2) is 0 Å². The van der Waals surface area contributed by atoms with Crippen molar-refractivity contribution in [3.05, 3.63) is 77.6 Å². The zero-order valence-corrected chi connectivity index (χ0v) is 17.3. The summed E-state index contributed by atoms with van der Waals surface area (Å²) in [5, 5.41) is 9.55. The first-order chi connectivity index (χ1) is 14.1. The van der Waals surface area contributed by atoms with Gasteiger partial charge in [0.15, 0.2) is 0 Å². The van der Waals surface area contributed by atoms with Crippen LogP contribution in [0, 0.1) is 5.92 Å². The number of para-hydroxylation sites is 1. The molecule has 3 N–H and O–H groups in total. The number of ether oxygens (including phenoxy) is 1. The molecule has 0 amide bonds. The van der Waals surface area contributed by atoms with Crippen LogP contribution < -0.4 is 10.5 Å². The second kappa shape index (κ2) is 8.73. The van der Waals surface area contributed by atoms with E-state index < -0.39 is 0 Å². The van der Waals surface area contributed by atoms with Gasteiger partial charge in [-0.2, -0.15) is 0 Å². The predicted molar refractivity (Wildman–Crippen MR) is 118 cm³/mol. The maximum Gasteiger partial charge on any atom is 0.129 e. The van der Waals surface area contributed by atoms with E-state index in [1.165, 1.54) is 54.2 Å². The van der Waals surface area contributed by atoms with Crippen molar-refractivity contribution < 1.29 is 9.84 Å². The lowest BCUT2D eigenvalue weighted by Gasteiger charge is -2.26. The number of nitrogens with two attached hydrogens (primary N) is 1. The van der Waals surface area contributed by atoms with Crippen LogP contribution in [0.4, 0.5) is 0 Å². The lowest BCUT2D eigenvalue weighted by molar-refractivity contribution is 0.198. The molecule has 0 saturated heterocycles. The van der Waals surface area contributed by atoms with E-state index in [9.17, 15) is 5.11 Å². The monoisotopic (exact) mass is 391 g/mol. The fourth-order valence-electron chi connectivity index (χ4n) is 5.21. The van der Waals surface area contributed by atoms with E-state index in [0.29, 0.717) is 5.92 Å². The normalized spacial score (nSPS) is 26.1. The molecule has 0 heterocycles. The number of aryl methyl sites for hydroxylation is 2. The van der Waals surface area contributed by atoms with Crippen LogP contribution in [0.1, 0.15) is 60.3 Å². The van der Waals surface area contributed by atoms with Gasteiger partial charge in [0.25, 0.3) is 0 Å². The summed E-state index contributed by atoms with van der Waals surface area (Å²) >= 11 is 0. The highest BCUT2D eigenvalue weighted by Gasteiger charge is 2.36. The molecule has 2 aromatic carbocycles. The van der Waals surface area contributed by atoms with Gasteiger partial charge in [0.05, 0.1) is 12.9 Å². The maximum absolute atomic E-state index is 9.55. The van der Waals surface area contributed by atoms with Crippen molar-refractivity contribution >= 4 is 0 Å². The summed E-state index contributed by atoms with van der Waals surface area (Å²) < 4.78 is 5.56. The van der Waals surface area contributed by atoms with Gasteiger partial charge < -0.3 is 15.6 Å². The first-order valence-corrected chi connectivity index (χ1v) is 11.0. The highest BCUT2D eigenvalue weighted by atomic mass is 16.5. The maximum atomic E-state index is 9.55. The third-order valence-corrected chi connectivity index (χ3v) is 7.00. The van der Waals surface area contributed by atoms with E-state index in [1.807, 2.05) is 12.1 Å². The number of hydrogen-bond acceptors (Lipinski definition) is 3. The average Bonchev–Trinajstić information content (AvgIpc) is 3.16. The molecule has 2 aromatic rings. The summed E-state index contributed by atoms with van der Waals surface area (Å²) in [6, 6.07) is 15.4. The Hall–Kier alpha value is -2.10. The molecular formula is C26H33NO2. The topological polar surface area (TPSA) is 55.5 Å². The molecule has 1 fully saturated rings. The number of rotatable bonds is 7. The molecule has 0 unspecified atom stereocenters.